The highest BCUT2D eigenvalue weighted by Crippen LogP contribution is 2.59. The summed E-state index contributed by atoms with van der Waals surface area (Å²) in [6, 6.07) is 18.0. The summed E-state index contributed by atoms with van der Waals surface area (Å²) in [5.74, 6) is 1.41. The van der Waals surface area contributed by atoms with Crippen molar-refractivity contribution in [3.05, 3.63) is 84.1 Å². The highest BCUT2D eigenvalue weighted by atomic mass is 16.5. The second-order valence-electron chi connectivity index (χ2n) is 12.6. The van der Waals surface area contributed by atoms with E-state index in [-0.39, 0.29) is 0 Å². The Hall–Kier alpha value is -4.54. The quantitative estimate of drug-likeness (QED) is 0.281. The van der Waals surface area contributed by atoms with Crippen molar-refractivity contribution >= 4 is 16.7 Å². The fourth-order valence-corrected chi connectivity index (χ4v) is 7.56. The number of fused-ring (bicyclic) bond motifs is 3. The number of hydrogen-bond acceptors (Lipinski definition) is 8. The van der Waals surface area contributed by atoms with Gasteiger partial charge in [-0.2, -0.15) is 15.3 Å². The van der Waals surface area contributed by atoms with E-state index in [1.807, 2.05) is 35.8 Å². The second-order valence-corrected chi connectivity index (χ2v) is 12.6. The number of ether oxygens (including phenoxy) is 1. The van der Waals surface area contributed by atoms with Gasteiger partial charge >= 0.3 is 0 Å². The summed E-state index contributed by atoms with van der Waals surface area (Å²) in [6.07, 6.45) is 9.03. The molecule has 0 amide bonds. The predicted octanol–water partition coefficient (Wildman–Crippen LogP) is 4.96. The van der Waals surface area contributed by atoms with Crippen molar-refractivity contribution in [2.45, 2.75) is 44.6 Å². The molecule has 0 spiro atoms. The molecule has 0 unspecified atom stereocenters. The van der Waals surface area contributed by atoms with E-state index in [1.54, 1.807) is 12.4 Å². The van der Waals surface area contributed by atoms with Gasteiger partial charge in [0.15, 0.2) is 17.1 Å². The summed E-state index contributed by atoms with van der Waals surface area (Å²) < 4.78 is 7.53. The van der Waals surface area contributed by atoms with Crippen LogP contribution in [0.4, 0.5) is 0 Å². The SMILES string of the molecule is Cc1cnn(-c2ccc3c(-c4cnc5cc(-c6ccc([C@]78C[C@H]7CN(C7CCOCC7)C8)cc6)c(C)nn45)ccnc3n2)n1. The maximum atomic E-state index is 5.61. The zero-order chi connectivity index (χ0) is 29.4. The number of pyridine rings is 2. The van der Waals surface area contributed by atoms with Gasteiger partial charge in [-0.15, -0.1) is 4.80 Å². The predicted molar refractivity (Wildman–Crippen MR) is 167 cm³/mol. The number of aryl methyl sites for hydroxylation is 2. The van der Waals surface area contributed by atoms with Gasteiger partial charge in [-0.1, -0.05) is 24.3 Å². The average molecular weight is 584 g/mol. The molecule has 2 saturated heterocycles. The molecule has 10 heteroatoms. The van der Waals surface area contributed by atoms with Crippen molar-refractivity contribution in [2.24, 2.45) is 5.92 Å². The van der Waals surface area contributed by atoms with Gasteiger partial charge in [0.1, 0.15) is 0 Å². The number of aromatic nitrogens is 8. The monoisotopic (exact) mass is 583 g/mol. The Bertz CT molecular complexity index is 2040. The Morgan fingerprint density at radius 1 is 0.909 bits per heavy atom. The third kappa shape index (κ3) is 4.08. The largest absolute Gasteiger partial charge is 0.381 e. The summed E-state index contributed by atoms with van der Waals surface area (Å²) >= 11 is 0. The highest BCUT2D eigenvalue weighted by molar-refractivity contribution is 5.92. The van der Waals surface area contributed by atoms with E-state index in [9.17, 15) is 0 Å². The number of imidazole rings is 1. The molecule has 0 N–H and O–H groups in total. The Balaban J connectivity index is 1.01. The highest BCUT2D eigenvalue weighted by Gasteiger charge is 2.61. The van der Waals surface area contributed by atoms with Gasteiger partial charge in [0.05, 0.1) is 29.5 Å². The maximum absolute atomic E-state index is 5.61. The molecule has 5 aromatic heterocycles. The molecular weight excluding hydrogens is 550 g/mol. The van der Waals surface area contributed by atoms with E-state index in [4.69, 9.17) is 19.8 Å². The molecule has 6 aromatic rings. The molecule has 1 saturated carbocycles. The molecule has 0 bridgehead atoms. The average Bonchev–Trinajstić information content (AvgIpc) is 3.38. The number of piperidine rings is 1. The number of benzene rings is 1. The van der Waals surface area contributed by atoms with E-state index < -0.39 is 0 Å². The van der Waals surface area contributed by atoms with Crippen LogP contribution in [-0.2, 0) is 10.2 Å². The minimum atomic E-state index is 0.336. The zero-order valence-corrected chi connectivity index (χ0v) is 24.9. The van der Waals surface area contributed by atoms with Crippen LogP contribution in [0.15, 0.2) is 67.1 Å². The van der Waals surface area contributed by atoms with Crippen LogP contribution in [0.5, 0.6) is 0 Å². The Labute approximate surface area is 254 Å². The van der Waals surface area contributed by atoms with Crippen LogP contribution in [0.1, 0.15) is 36.2 Å². The molecule has 1 aliphatic carbocycles. The van der Waals surface area contributed by atoms with Crippen molar-refractivity contribution < 1.29 is 4.74 Å². The van der Waals surface area contributed by atoms with E-state index in [1.165, 1.54) is 48.3 Å². The van der Waals surface area contributed by atoms with Crippen LogP contribution in [-0.4, -0.2) is 76.8 Å². The maximum Gasteiger partial charge on any atom is 0.176 e. The van der Waals surface area contributed by atoms with E-state index in [2.05, 4.69) is 57.3 Å². The lowest BCUT2D eigenvalue weighted by molar-refractivity contribution is 0.0378. The molecule has 9 rings (SSSR count). The first-order valence-corrected chi connectivity index (χ1v) is 15.5. The Kier molecular flexibility index (Phi) is 5.73. The van der Waals surface area contributed by atoms with Crippen molar-refractivity contribution in [1.29, 1.82) is 0 Å². The molecule has 2 atom stereocenters. The first-order chi connectivity index (χ1) is 21.6. The molecule has 3 fully saturated rings. The second kappa shape index (κ2) is 9.73. The summed E-state index contributed by atoms with van der Waals surface area (Å²) in [5.41, 5.74) is 9.18. The molecule has 220 valence electrons. The fraction of sp³-hybridized carbons (Fsp3) is 0.353. The lowest BCUT2D eigenvalue weighted by Crippen LogP contribution is -2.40. The fourth-order valence-electron chi connectivity index (χ4n) is 7.56. The molecule has 0 radical (unpaired) electrons. The van der Waals surface area contributed by atoms with Crippen LogP contribution in [0.2, 0.25) is 0 Å². The molecule has 3 aliphatic rings. The number of rotatable bonds is 5. The van der Waals surface area contributed by atoms with Crippen LogP contribution in [0.3, 0.4) is 0 Å². The van der Waals surface area contributed by atoms with Crippen LogP contribution in [0, 0.1) is 19.8 Å². The minimum Gasteiger partial charge on any atom is -0.381 e. The molecule has 2 aliphatic heterocycles. The van der Waals surface area contributed by atoms with E-state index in [0.717, 1.165) is 58.4 Å². The number of nitrogens with zero attached hydrogens (tertiary/aromatic N) is 9. The summed E-state index contributed by atoms with van der Waals surface area (Å²) in [4.78, 5) is 18.3. The zero-order valence-electron chi connectivity index (χ0n) is 24.9. The molecule has 10 nitrogen and oxygen atoms in total. The van der Waals surface area contributed by atoms with Crippen molar-refractivity contribution in [2.75, 3.05) is 26.3 Å². The van der Waals surface area contributed by atoms with Gasteiger partial charge in [-0.3, -0.25) is 4.90 Å². The van der Waals surface area contributed by atoms with Gasteiger partial charge in [0, 0.05) is 60.5 Å². The lowest BCUT2D eigenvalue weighted by atomic mass is 9.92. The molecular formula is C34H33N9O. The van der Waals surface area contributed by atoms with Gasteiger partial charge in [-0.25, -0.2) is 19.5 Å². The van der Waals surface area contributed by atoms with Gasteiger partial charge in [0.2, 0.25) is 0 Å². The van der Waals surface area contributed by atoms with Gasteiger partial charge in [0.25, 0.3) is 0 Å². The summed E-state index contributed by atoms with van der Waals surface area (Å²) in [5, 5.41) is 14.6. The number of likely N-dealkylation sites (tertiary alicyclic amines) is 1. The standard InChI is InChI=1S/C34H33N9O/c1-21-17-37-43(39-21)31-8-7-28-27(9-12-35-33(28)38-31)30-18-36-32-15-29(22(2)40-42(30)32)23-3-5-24(6-4-23)34-16-25(34)19-41(20-34)26-10-13-44-14-11-26/h3-9,12,15,17-18,25-26H,10-11,13-14,16,19-20H2,1-2H3/t25-,34+/m0/s1. The third-order valence-electron chi connectivity index (χ3n) is 10.0. The number of hydrogen-bond donors (Lipinski definition) is 0. The topological polar surface area (TPSA) is 99.2 Å². The third-order valence-corrected chi connectivity index (χ3v) is 10.0. The Morgan fingerprint density at radius 3 is 2.59 bits per heavy atom. The smallest absolute Gasteiger partial charge is 0.176 e. The van der Waals surface area contributed by atoms with Crippen LogP contribution in [0.25, 0.3) is 44.9 Å². The van der Waals surface area contributed by atoms with Crippen molar-refractivity contribution in [1.82, 2.24) is 44.5 Å². The van der Waals surface area contributed by atoms with E-state index >= 15 is 0 Å². The van der Waals surface area contributed by atoms with Gasteiger partial charge < -0.3 is 4.74 Å². The molecule has 7 heterocycles. The minimum absolute atomic E-state index is 0.336. The van der Waals surface area contributed by atoms with E-state index in [0.29, 0.717) is 22.9 Å². The molecule has 1 aromatic carbocycles. The first-order valence-electron chi connectivity index (χ1n) is 15.5. The summed E-state index contributed by atoms with van der Waals surface area (Å²) in [6.45, 7) is 8.21. The van der Waals surface area contributed by atoms with Gasteiger partial charge in [-0.05, 0) is 74.4 Å². The van der Waals surface area contributed by atoms with Crippen LogP contribution >= 0.6 is 0 Å². The summed E-state index contributed by atoms with van der Waals surface area (Å²) in [7, 11) is 0. The normalized spacial score (nSPS) is 22.2. The van der Waals surface area contributed by atoms with Crippen molar-refractivity contribution in [3.8, 4) is 28.2 Å². The van der Waals surface area contributed by atoms with Crippen molar-refractivity contribution in [3.63, 3.8) is 0 Å². The first kappa shape index (κ1) is 25.9. The lowest BCUT2D eigenvalue weighted by Gasteiger charge is -2.33. The Morgan fingerprint density at radius 2 is 1.77 bits per heavy atom. The van der Waals surface area contributed by atoms with Crippen LogP contribution < -0.4 is 0 Å². The molecule has 44 heavy (non-hydrogen) atoms.